The van der Waals surface area contributed by atoms with Crippen LogP contribution in [0.5, 0.6) is 0 Å². The number of hydrogen-bond donors (Lipinski definition) is 2. The molecule has 0 bridgehead atoms. The first-order valence-corrected chi connectivity index (χ1v) is 11.3. The third-order valence-electron chi connectivity index (χ3n) is 4.79. The van der Waals surface area contributed by atoms with Crippen LogP contribution >= 0.6 is 22.9 Å². The Bertz CT molecular complexity index is 1450. The van der Waals surface area contributed by atoms with Gasteiger partial charge < -0.3 is 11.5 Å². The van der Waals surface area contributed by atoms with E-state index in [1.165, 1.54) is 11.3 Å². The summed E-state index contributed by atoms with van der Waals surface area (Å²) in [6, 6.07) is 14.8. The molecule has 0 radical (unpaired) electrons. The molecule has 33 heavy (non-hydrogen) atoms. The van der Waals surface area contributed by atoms with E-state index in [1.54, 1.807) is 22.3 Å². The van der Waals surface area contributed by atoms with E-state index >= 15 is 0 Å². The lowest BCUT2D eigenvalue weighted by Gasteiger charge is -2.12. The Balaban J connectivity index is 0.000000172. The van der Waals surface area contributed by atoms with Crippen LogP contribution in [-0.2, 0) is 6.42 Å². The standard InChI is InChI=1S/C16H13ClN2O.C7H7N5S/c1-2-14-18-13-10-6-9-12(17)15(13)16(20)19(14)11-7-4-3-5-8-11;8-6-4(1-10-7(9)12-6)5-2-13-3-11-5/h3-10H,2H2,1H3;1-3H,(H4,8,9,10,12). The highest BCUT2D eigenvalue weighted by Crippen LogP contribution is 2.23. The molecule has 8 nitrogen and oxygen atoms in total. The predicted octanol–water partition coefficient (Wildman–Crippen LogP) is 4.37. The number of nitrogens with zero attached hydrogens (tertiary/aromatic N) is 5. The SMILES string of the molecule is CCc1nc2cccc(Cl)c2c(=O)n1-c1ccccc1.Nc1ncc(-c2cscn2)c(N)n1. The molecule has 0 aliphatic rings. The lowest BCUT2D eigenvalue weighted by Crippen LogP contribution is -2.23. The van der Waals surface area contributed by atoms with Gasteiger partial charge in [0, 0.05) is 18.0 Å². The van der Waals surface area contributed by atoms with E-state index < -0.39 is 0 Å². The zero-order chi connectivity index (χ0) is 23.4. The van der Waals surface area contributed by atoms with Gasteiger partial charge in [0.25, 0.3) is 5.56 Å². The van der Waals surface area contributed by atoms with Crippen molar-refractivity contribution in [1.82, 2.24) is 24.5 Å². The van der Waals surface area contributed by atoms with Crippen LogP contribution in [0.1, 0.15) is 12.7 Å². The van der Waals surface area contributed by atoms with Crippen LogP contribution in [0.4, 0.5) is 11.8 Å². The Morgan fingerprint density at radius 2 is 1.82 bits per heavy atom. The number of nitrogens with two attached hydrogens (primary N) is 2. The van der Waals surface area contributed by atoms with Gasteiger partial charge in [0.15, 0.2) is 0 Å². The largest absolute Gasteiger partial charge is 0.383 e. The molecule has 0 saturated carbocycles. The molecule has 0 aliphatic heterocycles. The van der Waals surface area contributed by atoms with Gasteiger partial charge in [-0.2, -0.15) is 4.98 Å². The first kappa shape index (κ1) is 22.4. The zero-order valence-corrected chi connectivity index (χ0v) is 19.2. The topological polar surface area (TPSA) is 126 Å². The second-order valence-electron chi connectivity index (χ2n) is 6.89. The van der Waals surface area contributed by atoms with Gasteiger partial charge in [0.05, 0.1) is 38.4 Å². The maximum absolute atomic E-state index is 12.8. The lowest BCUT2D eigenvalue weighted by atomic mass is 10.2. The summed E-state index contributed by atoms with van der Waals surface area (Å²) in [5.41, 5.74) is 15.6. The molecule has 0 fully saturated rings. The lowest BCUT2D eigenvalue weighted by molar-refractivity contribution is 0.833. The molecule has 0 aliphatic carbocycles. The molecule has 5 aromatic rings. The van der Waals surface area contributed by atoms with Crippen LogP contribution in [0.25, 0.3) is 27.8 Å². The fraction of sp³-hybridized carbons (Fsp3) is 0.0870. The molecule has 4 N–H and O–H groups in total. The maximum atomic E-state index is 12.8. The molecule has 0 spiro atoms. The van der Waals surface area contributed by atoms with Gasteiger partial charge in [-0.1, -0.05) is 42.8 Å². The third kappa shape index (κ3) is 4.69. The number of aromatic nitrogens is 5. The number of anilines is 2. The summed E-state index contributed by atoms with van der Waals surface area (Å²) < 4.78 is 1.63. The van der Waals surface area contributed by atoms with Crippen molar-refractivity contribution in [3.8, 4) is 16.9 Å². The van der Waals surface area contributed by atoms with Crippen molar-refractivity contribution in [1.29, 1.82) is 0 Å². The van der Waals surface area contributed by atoms with Gasteiger partial charge in [-0.25, -0.2) is 15.0 Å². The van der Waals surface area contributed by atoms with Crippen LogP contribution in [0.3, 0.4) is 0 Å². The fourth-order valence-corrected chi connectivity index (χ4v) is 4.07. The molecule has 0 saturated heterocycles. The Morgan fingerprint density at radius 3 is 2.48 bits per heavy atom. The second-order valence-corrected chi connectivity index (χ2v) is 8.02. The summed E-state index contributed by atoms with van der Waals surface area (Å²) in [5, 5.41) is 2.79. The number of para-hydroxylation sites is 1. The number of benzene rings is 2. The van der Waals surface area contributed by atoms with E-state index in [4.69, 9.17) is 23.1 Å². The Labute approximate surface area is 198 Å². The van der Waals surface area contributed by atoms with Crippen molar-refractivity contribution < 1.29 is 0 Å². The quantitative estimate of drug-likeness (QED) is 0.395. The molecular weight excluding hydrogens is 458 g/mol. The molecule has 0 unspecified atom stereocenters. The Morgan fingerprint density at radius 1 is 1.03 bits per heavy atom. The van der Waals surface area contributed by atoms with E-state index in [-0.39, 0.29) is 11.5 Å². The summed E-state index contributed by atoms with van der Waals surface area (Å²) in [4.78, 5) is 29.1. The monoisotopic (exact) mass is 477 g/mol. The second kappa shape index (κ2) is 9.76. The normalized spacial score (nSPS) is 10.6. The number of fused-ring (bicyclic) bond motifs is 1. The number of thiazole rings is 1. The highest BCUT2D eigenvalue weighted by molar-refractivity contribution is 7.07. The minimum Gasteiger partial charge on any atom is -0.383 e. The van der Waals surface area contributed by atoms with Gasteiger partial charge in [0.1, 0.15) is 11.6 Å². The van der Waals surface area contributed by atoms with Gasteiger partial charge in [-0.05, 0) is 24.3 Å². The van der Waals surface area contributed by atoms with E-state index in [9.17, 15) is 4.79 Å². The van der Waals surface area contributed by atoms with Crippen molar-refractivity contribution in [3.63, 3.8) is 0 Å². The number of rotatable bonds is 3. The average Bonchev–Trinajstić information content (AvgIpc) is 3.34. The van der Waals surface area contributed by atoms with Crippen molar-refractivity contribution in [2.45, 2.75) is 13.3 Å². The van der Waals surface area contributed by atoms with Gasteiger partial charge in [0.2, 0.25) is 5.95 Å². The maximum Gasteiger partial charge on any atom is 0.267 e. The molecule has 3 aromatic heterocycles. The van der Waals surface area contributed by atoms with Crippen molar-refractivity contribution in [2.24, 2.45) is 0 Å². The smallest absolute Gasteiger partial charge is 0.267 e. The summed E-state index contributed by atoms with van der Waals surface area (Å²) in [7, 11) is 0. The summed E-state index contributed by atoms with van der Waals surface area (Å²) in [6.07, 6.45) is 2.25. The highest BCUT2D eigenvalue weighted by atomic mass is 35.5. The van der Waals surface area contributed by atoms with Crippen LogP contribution in [0.2, 0.25) is 5.02 Å². The molecule has 10 heteroatoms. The third-order valence-corrected chi connectivity index (χ3v) is 5.69. The van der Waals surface area contributed by atoms with Crippen LogP contribution < -0.4 is 17.0 Å². The summed E-state index contributed by atoms with van der Waals surface area (Å²) in [5.74, 6) is 1.27. The van der Waals surface area contributed by atoms with E-state index in [0.29, 0.717) is 28.2 Å². The number of aryl methyl sites for hydroxylation is 1. The Kier molecular flexibility index (Phi) is 6.62. The molecule has 2 aromatic carbocycles. The van der Waals surface area contributed by atoms with Crippen LogP contribution in [-0.4, -0.2) is 24.5 Å². The van der Waals surface area contributed by atoms with E-state index in [2.05, 4.69) is 19.9 Å². The molecule has 0 atom stereocenters. The predicted molar refractivity (Wildman–Crippen MR) is 134 cm³/mol. The van der Waals surface area contributed by atoms with Crippen molar-refractivity contribution in [3.05, 3.63) is 86.8 Å². The molecule has 166 valence electrons. The summed E-state index contributed by atoms with van der Waals surface area (Å²) in [6.45, 7) is 1.98. The number of halogens is 1. The van der Waals surface area contributed by atoms with Crippen molar-refractivity contribution >= 4 is 45.6 Å². The van der Waals surface area contributed by atoms with Gasteiger partial charge in [-0.3, -0.25) is 9.36 Å². The zero-order valence-electron chi connectivity index (χ0n) is 17.6. The number of nitrogen functional groups attached to an aromatic ring is 2. The number of hydrogen-bond acceptors (Lipinski definition) is 8. The molecule has 5 rings (SSSR count). The van der Waals surface area contributed by atoms with E-state index in [0.717, 1.165) is 22.8 Å². The molecule has 3 heterocycles. The van der Waals surface area contributed by atoms with Crippen molar-refractivity contribution in [2.75, 3.05) is 11.5 Å². The van der Waals surface area contributed by atoms with Crippen LogP contribution in [0, 0.1) is 0 Å². The molecular formula is C23H20ClN7OS. The Hall–Kier alpha value is -3.82. The van der Waals surface area contributed by atoms with Gasteiger partial charge in [-0.15, -0.1) is 11.3 Å². The summed E-state index contributed by atoms with van der Waals surface area (Å²) >= 11 is 7.66. The first-order chi connectivity index (χ1) is 16.0. The van der Waals surface area contributed by atoms with Crippen LogP contribution in [0.15, 0.2) is 70.4 Å². The highest BCUT2D eigenvalue weighted by Gasteiger charge is 2.13. The fourth-order valence-electron chi connectivity index (χ4n) is 3.27. The molecule has 0 amide bonds. The average molecular weight is 478 g/mol. The first-order valence-electron chi connectivity index (χ1n) is 10.0. The minimum atomic E-state index is -0.122. The minimum absolute atomic E-state index is 0.122. The van der Waals surface area contributed by atoms with E-state index in [1.807, 2.05) is 54.8 Å². The van der Waals surface area contributed by atoms with Gasteiger partial charge >= 0.3 is 0 Å².